The summed E-state index contributed by atoms with van der Waals surface area (Å²) in [5.41, 5.74) is 0.248. The van der Waals surface area contributed by atoms with Crippen LogP contribution >= 0.6 is 0 Å². The normalized spacial score (nSPS) is 23.4. The van der Waals surface area contributed by atoms with Crippen LogP contribution in [0.15, 0.2) is 16.9 Å². The molecule has 3 rings (SSSR count). The Balaban J connectivity index is 1.84. The van der Waals surface area contributed by atoms with E-state index in [1.165, 1.54) is 30.2 Å². The lowest BCUT2D eigenvalue weighted by molar-refractivity contribution is 0.253. The van der Waals surface area contributed by atoms with Crippen LogP contribution < -0.4 is 11.0 Å². The molecular weight excluding hydrogens is 254 g/mol. The summed E-state index contributed by atoms with van der Waals surface area (Å²) in [6.45, 7) is 4.56. The lowest BCUT2D eigenvalue weighted by atomic mass is 9.78. The lowest BCUT2D eigenvalue weighted by Gasteiger charge is -2.35. The van der Waals surface area contributed by atoms with Crippen LogP contribution in [0.25, 0.3) is 5.65 Å². The van der Waals surface area contributed by atoms with Gasteiger partial charge in [0.2, 0.25) is 0 Å². The zero-order chi connectivity index (χ0) is 14.1. The number of rotatable bonds is 3. The molecule has 1 aliphatic carbocycles. The van der Waals surface area contributed by atoms with Gasteiger partial charge in [-0.1, -0.05) is 26.7 Å². The van der Waals surface area contributed by atoms with Crippen LogP contribution in [0.5, 0.6) is 0 Å². The molecule has 2 unspecified atom stereocenters. The summed E-state index contributed by atoms with van der Waals surface area (Å²) in [6, 6.07) is 4.14. The molecule has 6 heteroatoms. The van der Waals surface area contributed by atoms with Crippen LogP contribution in [0.3, 0.4) is 0 Å². The van der Waals surface area contributed by atoms with Gasteiger partial charge in [0.1, 0.15) is 5.82 Å². The molecule has 0 amide bonds. The first-order valence-electron chi connectivity index (χ1n) is 7.36. The SMILES string of the molecule is CC(C)C1CCCCC1Nc1ccc2n[nH]c(=O)n2n1. The van der Waals surface area contributed by atoms with Crippen LogP contribution in [0.4, 0.5) is 5.82 Å². The average molecular weight is 275 g/mol. The Kier molecular flexibility index (Phi) is 3.46. The standard InChI is InChI=1S/C14H21N5O/c1-9(2)10-5-3-4-6-11(10)15-12-7-8-13-16-17-14(20)19(13)18-12/h7-11H,3-6H2,1-2H3,(H,15,18)(H,17,20). The third-order valence-electron chi connectivity index (χ3n) is 4.28. The maximum atomic E-state index is 11.6. The molecule has 0 aromatic carbocycles. The van der Waals surface area contributed by atoms with Crippen molar-refractivity contribution >= 4 is 11.5 Å². The van der Waals surface area contributed by atoms with Gasteiger partial charge in [0.15, 0.2) is 5.65 Å². The van der Waals surface area contributed by atoms with Crippen molar-refractivity contribution in [1.29, 1.82) is 0 Å². The predicted octanol–water partition coefficient (Wildman–Crippen LogP) is 2.04. The smallest absolute Gasteiger partial charge is 0.364 e. The van der Waals surface area contributed by atoms with Crippen molar-refractivity contribution in [3.05, 3.63) is 22.6 Å². The topological polar surface area (TPSA) is 75.1 Å². The van der Waals surface area contributed by atoms with Crippen molar-refractivity contribution in [3.63, 3.8) is 0 Å². The molecule has 0 radical (unpaired) electrons. The summed E-state index contributed by atoms with van der Waals surface area (Å²) < 4.78 is 1.30. The van der Waals surface area contributed by atoms with Gasteiger partial charge in [-0.25, -0.2) is 9.89 Å². The highest BCUT2D eigenvalue weighted by Gasteiger charge is 2.27. The molecular formula is C14H21N5O. The van der Waals surface area contributed by atoms with E-state index >= 15 is 0 Å². The van der Waals surface area contributed by atoms with E-state index < -0.39 is 0 Å². The van der Waals surface area contributed by atoms with Crippen molar-refractivity contribution in [2.45, 2.75) is 45.6 Å². The molecule has 2 N–H and O–H groups in total. The molecule has 2 aromatic rings. The van der Waals surface area contributed by atoms with Crippen LogP contribution in [0.1, 0.15) is 39.5 Å². The number of aromatic amines is 1. The van der Waals surface area contributed by atoms with E-state index in [1.54, 1.807) is 6.07 Å². The molecule has 0 bridgehead atoms. The first kappa shape index (κ1) is 13.1. The summed E-state index contributed by atoms with van der Waals surface area (Å²) in [7, 11) is 0. The van der Waals surface area contributed by atoms with E-state index in [1.807, 2.05) is 6.07 Å². The van der Waals surface area contributed by atoms with Gasteiger partial charge in [0.05, 0.1) is 0 Å². The first-order valence-corrected chi connectivity index (χ1v) is 7.36. The fourth-order valence-corrected chi connectivity index (χ4v) is 3.21. The number of aromatic nitrogens is 4. The Labute approximate surface area is 117 Å². The van der Waals surface area contributed by atoms with Crippen LogP contribution in [-0.2, 0) is 0 Å². The van der Waals surface area contributed by atoms with E-state index in [0.717, 1.165) is 5.82 Å². The number of hydrogen-bond acceptors (Lipinski definition) is 4. The van der Waals surface area contributed by atoms with Gasteiger partial charge >= 0.3 is 5.69 Å². The van der Waals surface area contributed by atoms with E-state index in [4.69, 9.17) is 0 Å². The molecule has 1 aliphatic rings. The molecule has 1 saturated carbocycles. The number of H-pyrrole nitrogens is 1. The van der Waals surface area contributed by atoms with E-state index in [-0.39, 0.29) is 5.69 Å². The number of nitrogens with one attached hydrogen (secondary N) is 2. The summed E-state index contributed by atoms with van der Waals surface area (Å²) in [6.07, 6.45) is 5.01. The van der Waals surface area contributed by atoms with E-state index in [9.17, 15) is 4.79 Å². The Morgan fingerprint density at radius 3 is 2.95 bits per heavy atom. The number of hydrogen-bond donors (Lipinski definition) is 2. The maximum absolute atomic E-state index is 11.6. The number of anilines is 1. The zero-order valence-corrected chi connectivity index (χ0v) is 12.0. The molecule has 0 saturated heterocycles. The average Bonchev–Trinajstić information content (AvgIpc) is 2.81. The van der Waals surface area contributed by atoms with Gasteiger partial charge in [-0.05, 0) is 36.8 Å². The lowest BCUT2D eigenvalue weighted by Crippen LogP contribution is -2.35. The number of nitrogens with zero attached hydrogens (tertiary/aromatic N) is 3. The first-order chi connectivity index (χ1) is 9.65. The molecule has 6 nitrogen and oxygen atoms in total. The highest BCUT2D eigenvalue weighted by Crippen LogP contribution is 2.31. The fraction of sp³-hybridized carbons (Fsp3) is 0.643. The fourth-order valence-electron chi connectivity index (χ4n) is 3.21. The predicted molar refractivity (Wildman–Crippen MR) is 77.8 cm³/mol. The van der Waals surface area contributed by atoms with Crippen molar-refractivity contribution in [3.8, 4) is 0 Å². The van der Waals surface area contributed by atoms with Crippen molar-refractivity contribution in [2.24, 2.45) is 11.8 Å². The van der Waals surface area contributed by atoms with E-state index in [2.05, 4.69) is 34.5 Å². The molecule has 2 atom stereocenters. The zero-order valence-electron chi connectivity index (χ0n) is 12.0. The van der Waals surface area contributed by atoms with Crippen LogP contribution in [0.2, 0.25) is 0 Å². The largest absolute Gasteiger partial charge is 0.366 e. The van der Waals surface area contributed by atoms with Gasteiger partial charge in [-0.3, -0.25) is 0 Å². The molecule has 20 heavy (non-hydrogen) atoms. The molecule has 2 aromatic heterocycles. The third kappa shape index (κ3) is 2.42. The highest BCUT2D eigenvalue weighted by atomic mass is 16.2. The van der Waals surface area contributed by atoms with Crippen LogP contribution in [-0.4, -0.2) is 25.9 Å². The molecule has 108 valence electrons. The third-order valence-corrected chi connectivity index (χ3v) is 4.28. The van der Waals surface area contributed by atoms with Gasteiger partial charge in [0, 0.05) is 6.04 Å². The minimum Gasteiger partial charge on any atom is -0.366 e. The van der Waals surface area contributed by atoms with Gasteiger partial charge in [0.25, 0.3) is 0 Å². The summed E-state index contributed by atoms with van der Waals surface area (Å²) in [5, 5.41) is 14.1. The van der Waals surface area contributed by atoms with Gasteiger partial charge < -0.3 is 5.32 Å². The minimum absolute atomic E-state index is 0.298. The Morgan fingerprint density at radius 2 is 2.15 bits per heavy atom. The Morgan fingerprint density at radius 1 is 1.35 bits per heavy atom. The maximum Gasteiger partial charge on any atom is 0.364 e. The van der Waals surface area contributed by atoms with Gasteiger partial charge in [-0.2, -0.15) is 9.61 Å². The molecule has 0 aliphatic heterocycles. The Hall–Kier alpha value is -1.85. The van der Waals surface area contributed by atoms with Crippen LogP contribution in [0, 0.1) is 11.8 Å². The monoisotopic (exact) mass is 275 g/mol. The number of fused-ring (bicyclic) bond motifs is 1. The second kappa shape index (κ2) is 5.26. The second-order valence-electron chi connectivity index (χ2n) is 5.96. The Bertz CT molecular complexity index is 644. The van der Waals surface area contributed by atoms with Crippen molar-refractivity contribution in [1.82, 2.24) is 19.8 Å². The molecule has 0 spiro atoms. The van der Waals surface area contributed by atoms with Crippen molar-refractivity contribution in [2.75, 3.05) is 5.32 Å². The quantitative estimate of drug-likeness (QED) is 0.899. The highest BCUT2D eigenvalue weighted by molar-refractivity contribution is 5.43. The second-order valence-corrected chi connectivity index (χ2v) is 5.96. The summed E-state index contributed by atoms with van der Waals surface area (Å²) in [4.78, 5) is 11.6. The van der Waals surface area contributed by atoms with Gasteiger partial charge in [-0.15, -0.1) is 5.10 Å². The van der Waals surface area contributed by atoms with Crippen molar-refractivity contribution < 1.29 is 0 Å². The summed E-state index contributed by atoms with van der Waals surface area (Å²) >= 11 is 0. The summed E-state index contributed by atoms with van der Waals surface area (Å²) in [5.74, 6) is 2.08. The molecule has 1 fully saturated rings. The molecule has 2 heterocycles. The minimum atomic E-state index is -0.298. The van der Waals surface area contributed by atoms with E-state index in [0.29, 0.717) is 23.5 Å².